The lowest BCUT2D eigenvalue weighted by Crippen LogP contribution is -2.53. The Kier molecular flexibility index (Phi) is 9.35. The van der Waals surface area contributed by atoms with Crippen LogP contribution in [0.3, 0.4) is 0 Å². The van der Waals surface area contributed by atoms with Gasteiger partial charge in [-0.15, -0.1) is 35.3 Å². The normalized spacial score (nSPS) is 18.5. The van der Waals surface area contributed by atoms with Crippen LogP contribution in [-0.4, -0.2) is 77.0 Å². The molecule has 2 aromatic heterocycles. The maximum absolute atomic E-state index is 5.02. The predicted molar refractivity (Wildman–Crippen MR) is 142 cm³/mol. The molecule has 0 bridgehead atoms. The summed E-state index contributed by atoms with van der Waals surface area (Å²) in [5, 5.41) is 6.79. The molecule has 4 heterocycles. The summed E-state index contributed by atoms with van der Waals surface area (Å²) in [5.41, 5.74) is 1.51. The van der Waals surface area contributed by atoms with E-state index in [0.29, 0.717) is 6.04 Å². The first-order chi connectivity index (χ1) is 14.7. The van der Waals surface area contributed by atoms with E-state index in [-0.39, 0.29) is 24.0 Å². The first-order valence-corrected chi connectivity index (χ1v) is 12.7. The number of halogens is 1. The van der Waals surface area contributed by atoms with Gasteiger partial charge >= 0.3 is 0 Å². The number of guanidine groups is 1. The van der Waals surface area contributed by atoms with Gasteiger partial charge in [0, 0.05) is 74.7 Å². The lowest BCUT2D eigenvalue weighted by Gasteiger charge is -2.36. The van der Waals surface area contributed by atoms with Crippen LogP contribution in [0.4, 0.5) is 5.13 Å². The third kappa shape index (κ3) is 6.08. The molecule has 1 fully saturated rings. The second-order valence-electron chi connectivity index (χ2n) is 7.95. The maximum atomic E-state index is 5.02. The molecule has 0 radical (unpaired) electrons. The number of piperazine rings is 1. The minimum Gasteiger partial charge on any atom is -0.357 e. The molecule has 2 aliphatic rings. The highest BCUT2D eigenvalue weighted by atomic mass is 127. The van der Waals surface area contributed by atoms with Crippen LogP contribution in [0.25, 0.3) is 0 Å². The summed E-state index contributed by atoms with van der Waals surface area (Å²) < 4.78 is 4.43. The van der Waals surface area contributed by atoms with Crippen LogP contribution in [0.5, 0.6) is 0 Å². The zero-order chi connectivity index (χ0) is 20.9. The molecule has 0 spiro atoms. The molecule has 1 N–H and O–H groups in total. The van der Waals surface area contributed by atoms with Gasteiger partial charge in [0.15, 0.2) is 5.96 Å². The van der Waals surface area contributed by atoms with E-state index in [1.165, 1.54) is 23.5 Å². The van der Waals surface area contributed by atoms with Crippen LogP contribution in [0, 0.1) is 0 Å². The van der Waals surface area contributed by atoms with Crippen molar-refractivity contribution in [3.05, 3.63) is 27.7 Å². The van der Waals surface area contributed by atoms with Gasteiger partial charge in [0.05, 0.1) is 6.54 Å². The van der Waals surface area contributed by atoms with E-state index in [0.717, 1.165) is 75.7 Å². The Bertz CT molecular complexity index is 844. The van der Waals surface area contributed by atoms with Gasteiger partial charge in [0.25, 0.3) is 0 Å². The van der Waals surface area contributed by atoms with E-state index in [4.69, 9.17) is 4.99 Å². The third-order valence-electron chi connectivity index (χ3n) is 5.92. The molecule has 0 aromatic carbocycles. The summed E-state index contributed by atoms with van der Waals surface area (Å²) in [6, 6.07) is 2.73. The second-order valence-corrected chi connectivity index (χ2v) is 9.68. The zero-order valence-electron chi connectivity index (χ0n) is 18.7. The van der Waals surface area contributed by atoms with E-state index in [2.05, 4.69) is 61.6 Å². The number of aliphatic imine (C=N–C) groups is 1. The Labute approximate surface area is 211 Å². The number of nitrogens with zero attached hydrogens (tertiary/aromatic N) is 6. The Hall–Kier alpha value is -0.980. The minimum atomic E-state index is 0. The average molecular weight is 576 g/mol. The number of thiophene rings is 1. The van der Waals surface area contributed by atoms with Crippen LogP contribution < -0.4 is 10.2 Å². The van der Waals surface area contributed by atoms with E-state index in [1.807, 2.05) is 11.3 Å². The number of anilines is 1. The molecule has 31 heavy (non-hydrogen) atoms. The van der Waals surface area contributed by atoms with Crippen molar-refractivity contribution in [3.8, 4) is 0 Å². The highest BCUT2D eigenvalue weighted by Gasteiger charge is 2.24. The van der Waals surface area contributed by atoms with Gasteiger partial charge < -0.3 is 15.1 Å². The molecule has 4 rings (SSSR count). The average Bonchev–Trinajstić information content (AvgIpc) is 3.45. The molecule has 0 aliphatic carbocycles. The summed E-state index contributed by atoms with van der Waals surface area (Å²) in [6.07, 6.45) is 2.07. The topological polar surface area (TPSA) is 59.9 Å². The Morgan fingerprint density at radius 3 is 2.74 bits per heavy atom. The van der Waals surface area contributed by atoms with Crippen molar-refractivity contribution in [1.82, 2.24) is 24.5 Å². The predicted octanol–water partition coefficient (Wildman–Crippen LogP) is 3.31. The SMILES string of the molecule is CCNC(=NCC(C)N1CCc2sccc2C1)N1CCN(c2nc(CC)ns2)CC1.I. The fourth-order valence-electron chi connectivity index (χ4n) is 4.03. The molecule has 1 saturated heterocycles. The van der Waals surface area contributed by atoms with Crippen molar-refractivity contribution in [2.24, 2.45) is 4.99 Å². The number of aromatic nitrogens is 2. The number of hydrogen-bond donors (Lipinski definition) is 1. The van der Waals surface area contributed by atoms with Gasteiger partial charge in [0.2, 0.25) is 5.13 Å². The van der Waals surface area contributed by atoms with Crippen molar-refractivity contribution in [3.63, 3.8) is 0 Å². The Balaban J connectivity index is 0.00000272. The quantitative estimate of drug-likeness (QED) is 0.324. The summed E-state index contributed by atoms with van der Waals surface area (Å²) in [5.74, 6) is 2.00. The van der Waals surface area contributed by atoms with Gasteiger partial charge in [-0.05, 0) is 37.3 Å². The maximum Gasteiger partial charge on any atom is 0.205 e. The molecular formula is C21H34IN7S2. The molecule has 2 aromatic rings. The standard InChI is InChI=1S/C21H33N7S2.HI/c1-4-19-24-21(30-25-19)27-11-9-26(10-12-27)20(22-5-2)23-14-16(3)28-8-6-18-17(15-28)7-13-29-18;/h7,13,16H,4-6,8-12,14-15H2,1-3H3,(H,22,23);1H. The molecule has 7 nitrogen and oxygen atoms in total. The lowest BCUT2D eigenvalue weighted by molar-refractivity contribution is 0.196. The van der Waals surface area contributed by atoms with Gasteiger partial charge in [-0.3, -0.25) is 9.89 Å². The van der Waals surface area contributed by atoms with E-state index in [1.54, 1.807) is 4.88 Å². The third-order valence-corrected chi connectivity index (χ3v) is 7.76. The number of rotatable bonds is 6. The van der Waals surface area contributed by atoms with E-state index in [9.17, 15) is 0 Å². The summed E-state index contributed by atoms with van der Waals surface area (Å²) in [6.45, 7) is 14.3. The number of nitrogens with one attached hydrogen (secondary N) is 1. The van der Waals surface area contributed by atoms with Crippen LogP contribution >= 0.6 is 46.8 Å². The van der Waals surface area contributed by atoms with E-state index >= 15 is 0 Å². The monoisotopic (exact) mass is 575 g/mol. The number of aryl methyl sites for hydroxylation is 1. The molecular weight excluding hydrogens is 541 g/mol. The number of hydrogen-bond acceptors (Lipinski definition) is 7. The van der Waals surface area contributed by atoms with Crippen molar-refractivity contribution >= 4 is 57.9 Å². The van der Waals surface area contributed by atoms with Crippen molar-refractivity contribution in [2.75, 3.05) is 50.7 Å². The van der Waals surface area contributed by atoms with Crippen molar-refractivity contribution in [2.45, 2.75) is 46.2 Å². The molecule has 10 heteroatoms. The van der Waals surface area contributed by atoms with Gasteiger partial charge in [-0.2, -0.15) is 4.37 Å². The summed E-state index contributed by atoms with van der Waals surface area (Å²) in [7, 11) is 0. The first kappa shape index (κ1) is 24.7. The van der Waals surface area contributed by atoms with Gasteiger partial charge in [-0.1, -0.05) is 6.92 Å². The molecule has 1 atom stereocenters. The smallest absolute Gasteiger partial charge is 0.205 e. The minimum absolute atomic E-state index is 0. The Morgan fingerprint density at radius 2 is 2.03 bits per heavy atom. The van der Waals surface area contributed by atoms with Crippen molar-refractivity contribution < 1.29 is 0 Å². The summed E-state index contributed by atoms with van der Waals surface area (Å²) >= 11 is 3.42. The largest absolute Gasteiger partial charge is 0.357 e. The van der Waals surface area contributed by atoms with Crippen LogP contribution in [0.1, 0.15) is 37.0 Å². The fourth-order valence-corrected chi connectivity index (χ4v) is 5.72. The Morgan fingerprint density at radius 1 is 1.23 bits per heavy atom. The second kappa shape index (κ2) is 11.8. The molecule has 2 aliphatic heterocycles. The van der Waals surface area contributed by atoms with Crippen LogP contribution in [0.15, 0.2) is 16.4 Å². The molecule has 172 valence electrons. The van der Waals surface area contributed by atoms with E-state index < -0.39 is 0 Å². The zero-order valence-corrected chi connectivity index (χ0v) is 22.7. The molecule has 1 unspecified atom stereocenters. The van der Waals surface area contributed by atoms with Crippen LogP contribution in [-0.2, 0) is 19.4 Å². The number of fused-ring (bicyclic) bond motifs is 1. The van der Waals surface area contributed by atoms with Crippen LogP contribution in [0.2, 0.25) is 0 Å². The molecule has 0 amide bonds. The lowest BCUT2D eigenvalue weighted by atomic mass is 10.1. The van der Waals surface area contributed by atoms with Gasteiger partial charge in [-0.25, -0.2) is 4.98 Å². The first-order valence-electron chi connectivity index (χ1n) is 11.1. The van der Waals surface area contributed by atoms with Gasteiger partial charge in [0.1, 0.15) is 5.82 Å². The highest BCUT2D eigenvalue weighted by molar-refractivity contribution is 14.0. The highest BCUT2D eigenvalue weighted by Crippen LogP contribution is 2.25. The summed E-state index contributed by atoms with van der Waals surface area (Å²) in [4.78, 5) is 18.5. The fraction of sp³-hybridized carbons (Fsp3) is 0.667. The molecule has 0 saturated carbocycles. The van der Waals surface area contributed by atoms with Crippen molar-refractivity contribution in [1.29, 1.82) is 0 Å².